The van der Waals surface area contributed by atoms with Crippen molar-refractivity contribution in [1.29, 1.82) is 0 Å². The van der Waals surface area contributed by atoms with E-state index in [0.29, 0.717) is 24.8 Å². The van der Waals surface area contributed by atoms with Crippen molar-refractivity contribution in [3.8, 4) is 11.4 Å². The molecule has 3 rings (SSSR count). The number of amides is 1. The van der Waals surface area contributed by atoms with Gasteiger partial charge in [0.05, 0.1) is 6.54 Å². The van der Waals surface area contributed by atoms with E-state index in [9.17, 15) is 4.79 Å². The molecule has 7 heteroatoms. The number of carbonyl (C=O) groups excluding carboxylic acids is 1. The Morgan fingerprint density at radius 2 is 2.18 bits per heavy atom. The smallest absolute Gasteiger partial charge is 0.407 e. The van der Waals surface area contributed by atoms with E-state index in [1.165, 1.54) is 0 Å². The van der Waals surface area contributed by atoms with Crippen LogP contribution in [0.3, 0.4) is 0 Å². The Morgan fingerprint density at radius 3 is 2.93 bits per heavy atom. The molecule has 0 spiro atoms. The highest BCUT2D eigenvalue weighted by Crippen LogP contribution is 2.21. The summed E-state index contributed by atoms with van der Waals surface area (Å²) in [6.45, 7) is 9.71. The van der Waals surface area contributed by atoms with Gasteiger partial charge in [-0.1, -0.05) is 35.3 Å². The summed E-state index contributed by atoms with van der Waals surface area (Å²) in [5, 5.41) is 7.02. The third-order valence-electron chi connectivity index (χ3n) is 4.71. The highest BCUT2D eigenvalue weighted by atomic mass is 16.6. The van der Waals surface area contributed by atoms with E-state index < -0.39 is 5.60 Å². The van der Waals surface area contributed by atoms with E-state index in [2.05, 4.69) is 20.4 Å². The molecule has 2 heterocycles. The zero-order valence-corrected chi connectivity index (χ0v) is 17.2. The van der Waals surface area contributed by atoms with Crippen LogP contribution in [0.5, 0.6) is 0 Å². The van der Waals surface area contributed by atoms with Crippen molar-refractivity contribution in [2.75, 3.05) is 13.1 Å². The number of nitrogens with zero attached hydrogens (tertiary/aromatic N) is 3. The number of aromatic nitrogens is 2. The first-order valence-electron chi connectivity index (χ1n) is 9.91. The van der Waals surface area contributed by atoms with Gasteiger partial charge >= 0.3 is 6.09 Å². The molecule has 1 unspecified atom stereocenters. The fraction of sp³-hybridized carbons (Fsp3) is 0.571. The molecule has 1 fully saturated rings. The first kappa shape index (κ1) is 20.3. The van der Waals surface area contributed by atoms with Gasteiger partial charge in [-0.25, -0.2) is 4.79 Å². The van der Waals surface area contributed by atoms with Crippen LogP contribution in [0.1, 0.15) is 51.5 Å². The molecule has 1 aliphatic rings. The van der Waals surface area contributed by atoms with Gasteiger partial charge in [0.2, 0.25) is 11.7 Å². The molecule has 1 saturated heterocycles. The first-order valence-corrected chi connectivity index (χ1v) is 9.91. The summed E-state index contributed by atoms with van der Waals surface area (Å²) in [6, 6.07) is 8.29. The molecule has 1 aromatic carbocycles. The molecule has 1 aliphatic heterocycles. The van der Waals surface area contributed by atoms with E-state index in [1.807, 2.05) is 52.0 Å². The number of piperidine rings is 1. The molecule has 1 aromatic heterocycles. The SMILES string of the molecule is Cc1cccc(-c2noc(CN3CCCCC3CNC(=O)OC(C)(C)C)n2)c1. The highest BCUT2D eigenvalue weighted by Gasteiger charge is 2.26. The Kier molecular flexibility index (Phi) is 6.34. The lowest BCUT2D eigenvalue weighted by molar-refractivity contribution is 0.0487. The second kappa shape index (κ2) is 8.73. The van der Waals surface area contributed by atoms with Gasteiger partial charge in [0, 0.05) is 18.2 Å². The van der Waals surface area contributed by atoms with Crippen molar-refractivity contribution in [2.45, 2.75) is 65.1 Å². The summed E-state index contributed by atoms with van der Waals surface area (Å²) in [4.78, 5) is 18.8. The number of carbonyl (C=O) groups is 1. The van der Waals surface area contributed by atoms with Gasteiger partial charge in [-0.2, -0.15) is 4.98 Å². The van der Waals surface area contributed by atoms with Crippen molar-refractivity contribution < 1.29 is 14.1 Å². The second-order valence-electron chi connectivity index (χ2n) is 8.38. The van der Waals surface area contributed by atoms with E-state index in [4.69, 9.17) is 9.26 Å². The number of hydrogen-bond acceptors (Lipinski definition) is 6. The van der Waals surface area contributed by atoms with E-state index in [0.717, 1.165) is 36.9 Å². The fourth-order valence-corrected chi connectivity index (χ4v) is 3.41. The lowest BCUT2D eigenvalue weighted by Gasteiger charge is -2.34. The average Bonchev–Trinajstić information content (AvgIpc) is 3.08. The number of rotatable bonds is 5. The second-order valence-corrected chi connectivity index (χ2v) is 8.38. The molecule has 1 N–H and O–H groups in total. The predicted octanol–water partition coefficient (Wildman–Crippen LogP) is 3.92. The molecule has 28 heavy (non-hydrogen) atoms. The lowest BCUT2D eigenvalue weighted by Crippen LogP contribution is -2.47. The zero-order valence-electron chi connectivity index (χ0n) is 17.2. The first-order chi connectivity index (χ1) is 13.3. The van der Waals surface area contributed by atoms with Gasteiger partial charge in [0.15, 0.2) is 0 Å². The monoisotopic (exact) mass is 386 g/mol. The van der Waals surface area contributed by atoms with Crippen LogP contribution >= 0.6 is 0 Å². The number of benzene rings is 1. The molecule has 1 amide bonds. The molecule has 152 valence electrons. The van der Waals surface area contributed by atoms with E-state index >= 15 is 0 Å². The number of aryl methyl sites for hydroxylation is 1. The van der Waals surface area contributed by atoms with Crippen LogP contribution in [0.4, 0.5) is 4.79 Å². The number of ether oxygens (including phenoxy) is 1. The zero-order chi connectivity index (χ0) is 20.1. The molecule has 0 bridgehead atoms. The van der Waals surface area contributed by atoms with Crippen LogP contribution in [0.15, 0.2) is 28.8 Å². The third-order valence-corrected chi connectivity index (χ3v) is 4.71. The Morgan fingerprint density at radius 1 is 1.36 bits per heavy atom. The van der Waals surface area contributed by atoms with Crippen LogP contribution < -0.4 is 5.32 Å². The van der Waals surface area contributed by atoms with Gasteiger partial charge in [-0.3, -0.25) is 4.90 Å². The van der Waals surface area contributed by atoms with Crippen molar-refractivity contribution >= 4 is 6.09 Å². The van der Waals surface area contributed by atoms with Crippen molar-refractivity contribution in [3.05, 3.63) is 35.7 Å². The quantitative estimate of drug-likeness (QED) is 0.839. The van der Waals surface area contributed by atoms with E-state index in [1.54, 1.807) is 0 Å². The minimum atomic E-state index is -0.494. The summed E-state index contributed by atoms with van der Waals surface area (Å²) < 4.78 is 10.8. The summed E-state index contributed by atoms with van der Waals surface area (Å²) in [5.74, 6) is 1.21. The van der Waals surface area contributed by atoms with Gasteiger partial charge in [-0.05, 0) is 53.1 Å². The normalized spacial score (nSPS) is 18.1. The van der Waals surface area contributed by atoms with E-state index in [-0.39, 0.29) is 12.1 Å². The Balaban J connectivity index is 1.59. The number of nitrogens with one attached hydrogen (secondary N) is 1. The topological polar surface area (TPSA) is 80.5 Å². The molecule has 0 aliphatic carbocycles. The van der Waals surface area contributed by atoms with Crippen molar-refractivity contribution in [3.63, 3.8) is 0 Å². The van der Waals surface area contributed by atoms with Crippen LogP contribution in [0.2, 0.25) is 0 Å². The molecule has 7 nitrogen and oxygen atoms in total. The van der Waals surface area contributed by atoms with Crippen LogP contribution in [0.25, 0.3) is 11.4 Å². The maximum atomic E-state index is 12.0. The number of alkyl carbamates (subject to hydrolysis) is 1. The average molecular weight is 386 g/mol. The van der Waals surface area contributed by atoms with Gasteiger partial charge in [-0.15, -0.1) is 0 Å². The van der Waals surface area contributed by atoms with Crippen molar-refractivity contribution in [1.82, 2.24) is 20.4 Å². The minimum absolute atomic E-state index is 0.232. The third kappa shape index (κ3) is 5.79. The molecular formula is C21H30N4O3. The molecule has 1 atom stereocenters. The highest BCUT2D eigenvalue weighted by molar-refractivity contribution is 5.67. The molecule has 0 saturated carbocycles. The van der Waals surface area contributed by atoms with Gasteiger partial charge < -0.3 is 14.6 Å². The maximum Gasteiger partial charge on any atom is 0.407 e. The van der Waals surface area contributed by atoms with Crippen LogP contribution in [-0.2, 0) is 11.3 Å². The Hall–Kier alpha value is -2.41. The summed E-state index contributed by atoms with van der Waals surface area (Å²) >= 11 is 0. The number of likely N-dealkylation sites (tertiary alicyclic amines) is 1. The summed E-state index contributed by atoms with van der Waals surface area (Å²) in [6.07, 6.45) is 2.92. The van der Waals surface area contributed by atoms with Crippen LogP contribution in [0, 0.1) is 6.92 Å². The minimum Gasteiger partial charge on any atom is -0.444 e. The van der Waals surface area contributed by atoms with Crippen LogP contribution in [-0.4, -0.2) is 45.9 Å². The Bertz CT molecular complexity index is 797. The van der Waals surface area contributed by atoms with Crippen molar-refractivity contribution in [2.24, 2.45) is 0 Å². The van der Waals surface area contributed by atoms with Gasteiger partial charge in [0.25, 0.3) is 0 Å². The summed E-state index contributed by atoms with van der Waals surface area (Å²) in [7, 11) is 0. The molecular weight excluding hydrogens is 356 g/mol. The molecule has 0 radical (unpaired) electrons. The predicted molar refractivity (Wildman–Crippen MR) is 107 cm³/mol. The lowest BCUT2D eigenvalue weighted by atomic mass is 10.0. The Labute approximate surface area is 166 Å². The van der Waals surface area contributed by atoms with Gasteiger partial charge in [0.1, 0.15) is 5.60 Å². The fourth-order valence-electron chi connectivity index (χ4n) is 3.41. The standard InChI is InChI=1S/C21H30N4O3/c1-15-8-7-9-16(12-15)19-23-18(28-24-19)14-25-11-6-5-10-17(25)13-22-20(26)27-21(2,3)4/h7-9,12,17H,5-6,10-11,13-14H2,1-4H3,(H,22,26). The largest absolute Gasteiger partial charge is 0.444 e. The summed E-state index contributed by atoms with van der Waals surface area (Å²) in [5.41, 5.74) is 1.62. The maximum absolute atomic E-state index is 12.0. The number of hydrogen-bond donors (Lipinski definition) is 1. The molecule has 2 aromatic rings.